The number of sulfonamides is 1. The number of amides is 1. The molecule has 8 nitrogen and oxygen atoms in total. The number of ether oxygens (including phenoxy) is 2. The van der Waals surface area contributed by atoms with Crippen molar-refractivity contribution in [2.45, 2.75) is 30.2 Å². The lowest BCUT2D eigenvalue weighted by Gasteiger charge is -2.26. The highest BCUT2D eigenvalue weighted by Crippen LogP contribution is 2.30. The van der Waals surface area contributed by atoms with Gasteiger partial charge in [-0.1, -0.05) is 121 Å². The smallest absolute Gasteiger partial charge is 0.255 e. The molecule has 0 aliphatic rings. The minimum absolute atomic E-state index is 0.0320. The molecule has 0 heterocycles. The fourth-order valence-electron chi connectivity index (χ4n) is 5.38. The Labute approximate surface area is 292 Å². The van der Waals surface area contributed by atoms with E-state index in [2.05, 4.69) is 10.0 Å². The Morgan fingerprint density at radius 2 is 1.06 bits per heavy atom. The molecule has 0 bridgehead atoms. The van der Waals surface area contributed by atoms with Crippen LogP contribution in [0, 0.1) is 0 Å². The molecule has 252 valence electrons. The molecule has 6 rings (SSSR count). The molecule has 0 aliphatic heterocycles. The molecule has 0 aromatic heterocycles. The summed E-state index contributed by atoms with van der Waals surface area (Å²) in [5, 5.41) is 2.86. The van der Waals surface area contributed by atoms with Gasteiger partial charge in [0.15, 0.2) is 0 Å². The SMILES string of the molecule is N[C@@H](c1ccccc1)[C@@H](NS(=O)(=O)c1ccc(NC(=O)c2cc(OCc3ccccc3)cc(OCc3ccccc3)c2)cc1)c1ccccc1. The van der Waals surface area contributed by atoms with E-state index in [1.807, 2.05) is 121 Å². The van der Waals surface area contributed by atoms with Gasteiger partial charge >= 0.3 is 0 Å². The molecule has 9 heteroatoms. The van der Waals surface area contributed by atoms with Crippen molar-refractivity contribution in [1.29, 1.82) is 0 Å². The second-order valence-corrected chi connectivity index (χ2v) is 13.4. The third kappa shape index (κ3) is 9.03. The van der Waals surface area contributed by atoms with E-state index in [0.29, 0.717) is 36.0 Å². The minimum atomic E-state index is -4.00. The van der Waals surface area contributed by atoms with E-state index in [1.165, 1.54) is 12.1 Å². The highest BCUT2D eigenvalue weighted by atomic mass is 32.2. The molecular formula is C41H37N3O5S. The monoisotopic (exact) mass is 683 g/mol. The van der Waals surface area contributed by atoms with E-state index in [4.69, 9.17) is 15.2 Å². The zero-order valence-corrected chi connectivity index (χ0v) is 28.0. The Morgan fingerprint density at radius 1 is 0.600 bits per heavy atom. The quantitative estimate of drug-likeness (QED) is 0.108. The minimum Gasteiger partial charge on any atom is -0.489 e. The number of carbonyl (C=O) groups excluding carboxylic acids is 1. The molecule has 0 saturated heterocycles. The van der Waals surface area contributed by atoms with Gasteiger partial charge in [-0.15, -0.1) is 0 Å². The Balaban J connectivity index is 1.18. The van der Waals surface area contributed by atoms with Crippen LogP contribution in [0.4, 0.5) is 5.69 Å². The van der Waals surface area contributed by atoms with Gasteiger partial charge in [0.05, 0.1) is 17.0 Å². The van der Waals surface area contributed by atoms with Crippen LogP contribution in [0.3, 0.4) is 0 Å². The fraction of sp³-hybridized carbons (Fsp3) is 0.0976. The molecule has 0 radical (unpaired) electrons. The van der Waals surface area contributed by atoms with Gasteiger partial charge in [-0.3, -0.25) is 4.79 Å². The van der Waals surface area contributed by atoms with Gasteiger partial charge in [0.1, 0.15) is 24.7 Å². The number of hydrogen-bond donors (Lipinski definition) is 3. The summed E-state index contributed by atoms with van der Waals surface area (Å²) >= 11 is 0. The van der Waals surface area contributed by atoms with Crippen molar-refractivity contribution in [2.24, 2.45) is 5.73 Å². The second-order valence-electron chi connectivity index (χ2n) is 11.7. The summed E-state index contributed by atoms with van der Waals surface area (Å²) in [6.45, 7) is 0.630. The van der Waals surface area contributed by atoms with Crippen LogP contribution in [-0.2, 0) is 23.2 Å². The van der Waals surface area contributed by atoms with Crippen molar-refractivity contribution in [3.63, 3.8) is 0 Å². The number of benzene rings is 6. The number of rotatable bonds is 14. The third-order valence-electron chi connectivity index (χ3n) is 8.05. The van der Waals surface area contributed by atoms with Crippen molar-refractivity contribution in [2.75, 3.05) is 5.32 Å². The molecule has 0 aliphatic carbocycles. The number of nitrogens with one attached hydrogen (secondary N) is 2. The van der Waals surface area contributed by atoms with E-state index in [0.717, 1.165) is 22.3 Å². The zero-order valence-electron chi connectivity index (χ0n) is 27.2. The molecule has 6 aromatic rings. The van der Waals surface area contributed by atoms with Crippen molar-refractivity contribution < 1.29 is 22.7 Å². The predicted molar refractivity (Wildman–Crippen MR) is 195 cm³/mol. The number of nitrogens with two attached hydrogens (primary N) is 1. The van der Waals surface area contributed by atoms with Crippen molar-refractivity contribution in [3.05, 3.63) is 192 Å². The van der Waals surface area contributed by atoms with E-state index < -0.39 is 28.0 Å². The standard InChI is InChI=1S/C41H37N3O5S/c42-39(32-17-9-3-10-18-32)40(33-19-11-4-12-20-33)44-50(46,47)38-23-21-35(22-24-38)43-41(45)34-25-36(48-28-30-13-5-1-6-14-30)27-37(26-34)49-29-31-15-7-2-8-16-31/h1-27,39-40,44H,28-29,42H2,(H,43,45)/t39-,40-/m0/s1. The van der Waals surface area contributed by atoms with Crippen molar-refractivity contribution >= 4 is 21.6 Å². The summed E-state index contributed by atoms with van der Waals surface area (Å²) in [5.41, 5.74) is 10.8. The largest absolute Gasteiger partial charge is 0.489 e. The highest BCUT2D eigenvalue weighted by Gasteiger charge is 2.27. The summed E-state index contributed by atoms with van der Waals surface area (Å²) < 4.78 is 42.1. The van der Waals surface area contributed by atoms with Crippen LogP contribution in [0.15, 0.2) is 169 Å². The lowest BCUT2D eigenvalue weighted by Crippen LogP contribution is -2.36. The average molecular weight is 684 g/mol. The first-order valence-electron chi connectivity index (χ1n) is 16.1. The van der Waals surface area contributed by atoms with E-state index >= 15 is 0 Å². The van der Waals surface area contributed by atoms with Crippen LogP contribution in [0.25, 0.3) is 0 Å². The third-order valence-corrected chi connectivity index (χ3v) is 9.50. The molecule has 2 atom stereocenters. The van der Waals surface area contributed by atoms with Crippen LogP contribution in [0.2, 0.25) is 0 Å². The summed E-state index contributed by atoms with van der Waals surface area (Å²) in [6, 6.07) is 47.7. The molecule has 0 spiro atoms. The lowest BCUT2D eigenvalue weighted by atomic mass is 9.95. The summed E-state index contributed by atoms with van der Waals surface area (Å²) in [4.78, 5) is 13.5. The van der Waals surface area contributed by atoms with Gasteiger partial charge in [0, 0.05) is 17.3 Å². The van der Waals surface area contributed by atoms with Gasteiger partial charge in [-0.05, 0) is 58.7 Å². The number of carbonyl (C=O) groups is 1. The fourth-order valence-corrected chi connectivity index (χ4v) is 6.63. The average Bonchev–Trinajstić information content (AvgIpc) is 3.17. The molecule has 0 saturated carbocycles. The molecule has 4 N–H and O–H groups in total. The van der Waals surface area contributed by atoms with E-state index in [-0.39, 0.29) is 4.90 Å². The first-order valence-corrected chi connectivity index (χ1v) is 17.6. The van der Waals surface area contributed by atoms with Crippen LogP contribution in [-0.4, -0.2) is 14.3 Å². The van der Waals surface area contributed by atoms with Crippen molar-refractivity contribution in [1.82, 2.24) is 4.72 Å². The maximum absolute atomic E-state index is 13.6. The van der Waals surface area contributed by atoms with Crippen LogP contribution in [0.1, 0.15) is 44.7 Å². The van der Waals surface area contributed by atoms with Gasteiger partial charge < -0.3 is 20.5 Å². The van der Waals surface area contributed by atoms with Crippen LogP contribution in [0.5, 0.6) is 11.5 Å². The first-order chi connectivity index (χ1) is 24.3. The maximum Gasteiger partial charge on any atom is 0.255 e. The predicted octanol–water partition coefficient (Wildman–Crippen LogP) is 7.82. The van der Waals surface area contributed by atoms with Gasteiger partial charge in [-0.2, -0.15) is 0 Å². The Morgan fingerprint density at radius 3 is 1.56 bits per heavy atom. The Kier molecular flexibility index (Phi) is 11.0. The van der Waals surface area contributed by atoms with Crippen molar-refractivity contribution in [3.8, 4) is 11.5 Å². The van der Waals surface area contributed by atoms with Crippen LogP contribution < -0.4 is 25.2 Å². The second kappa shape index (κ2) is 16.1. The molecule has 0 unspecified atom stereocenters. The highest BCUT2D eigenvalue weighted by molar-refractivity contribution is 7.89. The summed E-state index contributed by atoms with van der Waals surface area (Å²) in [7, 11) is -4.00. The molecular weight excluding hydrogens is 647 g/mol. The van der Waals surface area contributed by atoms with E-state index in [1.54, 1.807) is 30.3 Å². The maximum atomic E-state index is 13.6. The normalized spacial score (nSPS) is 12.4. The lowest BCUT2D eigenvalue weighted by molar-refractivity contribution is 0.102. The summed E-state index contributed by atoms with van der Waals surface area (Å²) in [6.07, 6.45) is 0. The molecule has 50 heavy (non-hydrogen) atoms. The first kappa shape index (κ1) is 34.1. The molecule has 6 aromatic carbocycles. The number of hydrogen-bond acceptors (Lipinski definition) is 6. The van der Waals surface area contributed by atoms with Gasteiger partial charge in [-0.25, -0.2) is 13.1 Å². The molecule has 1 amide bonds. The van der Waals surface area contributed by atoms with Gasteiger partial charge in [0.2, 0.25) is 10.0 Å². The van der Waals surface area contributed by atoms with Crippen LogP contribution >= 0.6 is 0 Å². The Hall–Kier alpha value is -5.74. The van der Waals surface area contributed by atoms with E-state index in [9.17, 15) is 13.2 Å². The Bertz CT molecular complexity index is 2040. The summed E-state index contributed by atoms with van der Waals surface area (Å²) in [5.74, 6) is 0.531. The van der Waals surface area contributed by atoms with Gasteiger partial charge in [0.25, 0.3) is 5.91 Å². The topological polar surface area (TPSA) is 120 Å². The molecule has 0 fully saturated rings. The zero-order chi connectivity index (χ0) is 34.8. The number of anilines is 1.